The Balaban J connectivity index is 1.18. The molecule has 3 N–H and O–H groups in total. The lowest BCUT2D eigenvalue weighted by Gasteiger charge is -2.48. The molecule has 1 aliphatic heterocycles. The third-order valence-electron chi connectivity index (χ3n) is 9.03. The molecule has 7 nitrogen and oxygen atoms in total. The first-order chi connectivity index (χ1) is 19.5. The van der Waals surface area contributed by atoms with Gasteiger partial charge in [-0.3, -0.25) is 9.59 Å². The van der Waals surface area contributed by atoms with Crippen molar-refractivity contribution in [3.8, 4) is 5.75 Å². The lowest BCUT2D eigenvalue weighted by Crippen LogP contribution is -2.52. The second-order valence-corrected chi connectivity index (χ2v) is 11.8. The van der Waals surface area contributed by atoms with E-state index >= 15 is 0 Å². The maximum atomic E-state index is 13.5. The van der Waals surface area contributed by atoms with Gasteiger partial charge in [-0.2, -0.15) is 0 Å². The number of pyridine rings is 1. The summed E-state index contributed by atoms with van der Waals surface area (Å²) >= 11 is 0. The van der Waals surface area contributed by atoms with Gasteiger partial charge in [0.25, 0.3) is 11.5 Å². The minimum absolute atomic E-state index is 0.0722. The largest absolute Gasteiger partial charge is 0.487 e. The lowest BCUT2D eigenvalue weighted by molar-refractivity contribution is -0.0381. The highest BCUT2D eigenvalue weighted by Gasteiger charge is 2.45. The van der Waals surface area contributed by atoms with Gasteiger partial charge < -0.3 is 25.0 Å². The standard InChI is InChI=1S/C33H39N3O4/c37-29(21-34-28-20-33(17-8-18-33)40-30-14-7-6-13-26(28)30)27(19-23-9-2-1-3-10-23)35-32(39)24-15-16-31(38)36(22-24)25-11-4-5-12-25/h1-3,6-7,9-10,13-16,22,25,27-29,34,37H,4-5,8,11-12,17-21H2,(H,35,39)/t27-,28-,29+/m0/s1. The van der Waals surface area contributed by atoms with E-state index < -0.39 is 12.1 Å². The van der Waals surface area contributed by atoms with Crippen molar-refractivity contribution in [2.45, 2.75) is 87.6 Å². The number of ether oxygens (including phenoxy) is 1. The average molecular weight is 542 g/mol. The minimum Gasteiger partial charge on any atom is -0.487 e. The summed E-state index contributed by atoms with van der Waals surface area (Å²) in [4.78, 5) is 26.0. The van der Waals surface area contributed by atoms with E-state index in [1.54, 1.807) is 16.8 Å². The Kier molecular flexibility index (Phi) is 7.76. The molecule has 3 aromatic rings. The van der Waals surface area contributed by atoms with Crippen molar-refractivity contribution in [2.24, 2.45) is 0 Å². The zero-order valence-electron chi connectivity index (χ0n) is 22.9. The molecule has 1 spiro atoms. The zero-order chi connectivity index (χ0) is 27.5. The summed E-state index contributed by atoms with van der Waals surface area (Å²) in [7, 11) is 0. The molecule has 0 saturated heterocycles. The van der Waals surface area contributed by atoms with Crippen molar-refractivity contribution in [1.82, 2.24) is 15.2 Å². The van der Waals surface area contributed by atoms with Gasteiger partial charge in [-0.05, 0) is 56.2 Å². The fraction of sp³-hybridized carbons (Fsp3) is 0.455. The molecule has 0 bridgehead atoms. The van der Waals surface area contributed by atoms with E-state index in [0.717, 1.165) is 61.8 Å². The van der Waals surface area contributed by atoms with Crippen LogP contribution in [0.1, 0.15) is 84.9 Å². The number of aromatic nitrogens is 1. The van der Waals surface area contributed by atoms with Crippen LogP contribution in [0.25, 0.3) is 0 Å². The van der Waals surface area contributed by atoms with Gasteiger partial charge in [0, 0.05) is 42.9 Å². The van der Waals surface area contributed by atoms with Gasteiger partial charge in [0.2, 0.25) is 0 Å². The Morgan fingerprint density at radius 3 is 2.50 bits per heavy atom. The topological polar surface area (TPSA) is 92.6 Å². The monoisotopic (exact) mass is 541 g/mol. The van der Waals surface area contributed by atoms with Crippen LogP contribution >= 0.6 is 0 Å². The maximum absolute atomic E-state index is 13.5. The van der Waals surface area contributed by atoms with Gasteiger partial charge >= 0.3 is 0 Å². The van der Waals surface area contributed by atoms with Crippen LogP contribution in [0.4, 0.5) is 0 Å². The first-order valence-electron chi connectivity index (χ1n) is 14.8. The van der Waals surface area contributed by atoms with Crippen LogP contribution in [0.3, 0.4) is 0 Å². The van der Waals surface area contributed by atoms with Gasteiger partial charge in [-0.25, -0.2) is 0 Å². The number of aliphatic hydroxyl groups excluding tert-OH is 1. The maximum Gasteiger partial charge on any atom is 0.253 e. The van der Waals surface area contributed by atoms with Gasteiger partial charge in [0.15, 0.2) is 0 Å². The number of amides is 1. The summed E-state index contributed by atoms with van der Waals surface area (Å²) in [6.45, 7) is 0.328. The van der Waals surface area contributed by atoms with Crippen LogP contribution in [0.5, 0.6) is 5.75 Å². The average Bonchev–Trinajstić information content (AvgIpc) is 3.50. The second kappa shape index (κ2) is 11.6. The number of nitrogens with one attached hydrogen (secondary N) is 2. The van der Waals surface area contributed by atoms with E-state index in [4.69, 9.17) is 4.74 Å². The van der Waals surface area contributed by atoms with Crippen molar-refractivity contribution in [2.75, 3.05) is 6.54 Å². The van der Waals surface area contributed by atoms with E-state index in [1.807, 2.05) is 48.5 Å². The van der Waals surface area contributed by atoms with Crippen molar-refractivity contribution in [3.05, 3.63) is 100.0 Å². The van der Waals surface area contributed by atoms with Gasteiger partial charge in [0.05, 0.1) is 17.7 Å². The third-order valence-corrected chi connectivity index (χ3v) is 9.03. The number of hydrogen-bond acceptors (Lipinski definition) is 5. The smallest absolute Gasteiger partial charge is 0.253 e. The van der Waals surface area contributed by atoms with Crippen molar-refractivity contribution >= 4 is 5.91 Å². The fourth-order valence-corrected chi connectivity index (χ4v) is 6.59. The Hall–Kier alpha value is -3.42. The number of nitrogens with zero attached hydrogens (tertiary/aromatic N) is 1. The molecule has 3 aliphatic rings. The van der Waals surface area contributed by atoms with Crippen molar-refractivity contribution < 1.29 is 14.6 Å². The summed E-state index contributed by atoms with van der Waals surface area (Å²) in [6.07, 6.45) is 9.64. The summed E-state index contributed by atoms with van der Waals surface area (Å²) in [5.74, 6) is 0.642. The number of carbonyl (C=O) groups is 1. The lowest BCUT2D eigenvalue weighted by atomic mass is 9.73. The number of aliphatic hydroxyl groups is 1. The molecule has 2 saturated carbocycles. The molecule has 2 fully saturated rings. The van der Waals surface area contributed by atoms with Crippen molar-refractivity contribution in [3.63, 3.8) is 0 Å². The first kappa shape index (κ1) is 26.8. The number of carbonyl (C=O) groups excluding carboxylic acids is 1. The van der Waals surface area contributed by atoms with E-state index in [2.05, 4.69) is 16.7 Å². The van der Waals surface area contributed by atoms with Crippen LogP contribution in [0.2, 0.25) is 0 Å². The number of rotatable bonds is 9. The highest BCUT2D eigenvalue weighted by Crippen LogP contribution is 2.48. The third kappa shape index (κ3) is 5.72. The first-order valence-corrected chi connectivity index (χ1v) is 14.8. The molecular formula is C33H39N3O4. The van der Waals surface area contributed by atoms with Crippen LogP contribution in [-0.2, 0) is 6.42 Å². The quantitative estimate of drug-likeness (QED) is 0.365. The molecular weight excluding hydrogens is 502 g/mol. The number of para-hydroxylation sites is 1. The Bertz CT molecular complexity index is 1380. The Labute approximate surface area is 235 Å². The number of benzene rings is 2. The predicted octanol–water partition coefficient (Wildman–Crippen LogP) is 4.70. The molecule has 2 aromatic carbocycles. The SMILES string of the molecule is O=C(N[C@@H](Cc1ccccc1)[C@H](O)CN[C@H]1CC2(CCC2)Oc2ccccc21)c1ccc(=O)n(C2CCCC2)c1. The predicted molar refractivity (Wildman–Crippen MR) is 155 cm³/mol. The molecule has 1 aromatic heterocycles. The van der Waals surface area contributed by atoms with Gasteiger partial charge in [-0.1, -0.05) is 61.4 Å². The van der Waals surface area contributed by atoms with E-state index in [0.29, 0.717) is 18.5 Å². The molecule has 3 atom stereocenters. The van der Waals surface area contributed by atoms with E-state index in [1.165, 1.54) is 12.5 Å². The molecule has 0 radical (unpaired) electrons. The minimum atomic E-state index is -0.822. The highest BCUT2D eigenvalue weighted by atomic mass is 16.5. The van der Waals surface area contributed by atoms with E-state index in [-0.39, 0.29) is 29.2 Å². The molecule has 2 aliphatic carbocycles. The fourth-order valence-electron chi connectivity index (χ4n) is 6.59. The summed E-state index contributed by atoms with van der Waals surface area (Å²) in [5, 5.41) is 18.2. The molecule has 6 rings (SSSR count). The summed E-state index contributed by atoms with van der Waals surface area (Å²) < 4.78 is 8.10. The van der Waals surface area contributed by atoms with Gasteiger partial charge in [-0.15, -0.1) is 0 Å². The van der Waals surface area contributed by atoms with E-state index in [9.17, 15) is 14.7 Å². The molecule has 1 amide bonds. The Morgan fingerprint density at radius 2 is 1.75 bits per heavy atom. The number of fused-ring (bicyclic) bond motifs is 1. The number of hydrogen-bond donors (Lipinski definition) is 3. The van der Waals surface area contributed by atoms with Crippen molar-refractivity contribution in [1.29, 1.82) is 0 Å². The zero-order valence-corrected chi connectivity index (χ0v) is 22.9. The normalized spacial score (nSPS) is 21.2. The molecule has 7 heteroatoms. The van der Waals surface area contributed by atoms with Crippen LogP contribution in [-0.4, -0.2) is 39.9 Å². The molecule has 40 heavy (non-hydrogen) atoms. The van der Waals surface area contributed by atoms with Crippen LogP contribution in [0.15, 0.2) is 77.7 Å². The summed E-state index contributed by atoms with van der Waals surface area (Å²) in [6, 6.07) is 20.8. The molecule has 2 heterocycles. The summed E-state index contributed by atoms with van der Waals surface area (Å²) in [5.41, 5.74) is 2.40. The van der Waals surface area contributed by atoms with Crippen LogP contribution in [0, 0.1) is 0 Å². The molecule has 0 unspecified atom stereocenters. The Morgan fingerprint density at radius 1 is 1.00 bits per heavy atom. The molecule has 210 valence electrons. The second-order valence-electron chi connectivity index (χ2n) is 11.8. The highest BCUT2D eigenvalue weighted by molar-refractivity contribution is 5.94. The van der Waals surface area contributed by atoms with Gasteiger partial charge in [0.1, 0.15) is 11.4 Å². The van der Waals surface area contributed by atoms with Crippen LogP contribution < -0.4 is 20.9 Å².